The van der Waals surface area contributed by atoms with Crippen molar-refractivity contribution in [1.29, 1.82) is 0 Å². The van der Waals surface area contributed by atoms with E-state index in [1.54, 1.807) is 7.11 Å². The Morgan fingerprint density at radius 2 is 2.14 bits per heavy atom. The maximum Gasteiger partial charge on any atom is 0.226 e. The van der Waals surface area contributed by atoms with Crippen molar-refractivity contribution in [1.82, 2.24) is 9.97 Å². The molecule has 2 heterocycles. The van der Waals surface area contributed by atoms with Crippen molar-refractivity contribution in [2.45, 2.75) is 12.3 Å². The number of nitrogens with two attached hydrogens (primary N) is 2. The van der Waals surface area contributed by atoms with Crippen LogP contribution in [-0.2, 0) is 4.79 Å². The van der Waals surface area contributed by atoms with E-state index in [4.69, 9.17) is 16.2 Å². The average Bonchev–Trinajstić information content (AvgIpc) is 2.45. The fraction of sp³-hybridized carbons (Fsp3) is 0.214. The topological polar surface area (TPSA) is 116 Å². The molecule has 1 aliphatic rings. The summed E-state index contributed by atoms with van der Waals surface area (Å²) < 4.78 is 5.23. The Balaban J connectivity index is 2.14. The van der Waals surface area contributed by atoms with E-state index in [0.29, 0.717) is 11.4 Å². The van der Waals surface area contributed by atoms with Gasteiger partial charge in [-0.3, -0.25) is 4.79 Å². The quantitative estimate of drug-likeness (QED) is 0.761. The molecule has 1 aliphatic heterocycles. The molecule has 0 aliphatic carbocycles. The summed E-state index contributed by atoms with van der Waals surface area (Å²) in [6.45, 7) is 0. The van der Waals surface area contributed by atoms with Gasteiger partial charge in [-0.1, -0.05) is 12.1 Å². The van der Waals surface area contributed by atoms with Crippen LogP contribution in [0.2, 0.25) is 0 Å². The molecule has 0 radical (unpaired) electrons. The second kappa shape index (κ2) is 4.93. The van der Waals surface area contributed by atoms with E-state index in [0.717, 1.165) is 11.3 Å². The van der Waals surface area contributed by atoms with Gasteiger partial charge in [-0.2, -0.15) is 9.97 Å². The van der Waals surface area contributed by atoms with Crippen LogP contribution in [0, 0.1) is 0 Å². The number of amides is 1. The molecule has 21 heavy (non-hydrogen) atoms. The molecular weight excluding hydrogens is 270 g/mol. The van der Waals surface area contributed by atoms with Crippen LogP contribution in [0.1, 0.15) is 23.5 Å². The Labute approximate surface area is 121 Å². The number of benzene rings is 1. The smallest absolute Gasteiger partial charge is 0.226 e. The van der Waals surface area contributed by atoms with E-state index in [1.807, 2.05) is 24.3 Å². The summed E-state index contributed by atoms with van der Waals surface area (Å²) in [5.41, 5.74) is 13.2. The van der Waals surface area contributed by atoms with Gasteiger partial charge in [-0.15, -0.1) is 0 Å². The van der Waals surface area contributed by atoms with Crippen molar-refractivity contribution >= 4 is 23.5 Å². The Hall–Kier alpha value is -2.83. The highest BCUT2D eigenvalue weighted by Gasteiger charge is 2.30. The number of carbonyl (C=O) groups is 1. The summed E-state index contributed by atoms with van der Waals surface area (Å²) in [5, 5.41) is 2.69. The molecule has 5 N–H and O–H groups in total. The molecule has 2 aromatic rings. The van der Waals surface area contributed by atoms with E-state index in [2.05, 4.69) is 15.3 Å². The zero-order valence-electron chi connectivity index (χ0n) is 11.5. The van der Waals surface area contributed by atoms with E-state index in [9.17, 15) is 4.79 Å². The zero-order valence-corrected chi connectivity index (χ0v) is 11.5. The standard InChI is InChI=1S/C14H15N5O2/c1-21-8-4-2-3-7(5-8)9-6-10(20)17-13-11(9)12(15)18-14(16)19-13/h2-5,9H,6H2,1H3,(H5,15,16,17,18,19,20)/t9-/m0/s1. The summed E-state index contributed by atoms with van der Waals surface area (Å²) in [5.74, 6) is 1.07. The van der Waals surface area contributed by atoms with Crippen LogP contribution in [0.3, 0.4) is 0 Å². The largest absolute Gasteiger partial charge is 0.497 e. The molecule has 1 atom stereocenters. The first-order valence-electron chi connectivity index (χ1n) is 6.45. The Bertz CT molecular complexity index is 717. The Morgan fingerprint density at radius 3 is 2.90 bits per heavy atom. The molecule has 108 valence electrons. The van der Waals surface area contributed by atoms with Crippen LogP contribution in [0.15, 0.2) is 24.3 Å². The minimum absolute atomic E-state index is 0.0397. The van der Waals surface area contributed by atoms with Crippen molar-refractivity contribution in [2.24, 2.45) is 0 Å². The predicted octanol–water partition coefficient (Wildman–Crippen LogP) is 1.12. The fourth-order valence-electron chi connectivity index (χ4n) is 2.56. The summed E-state index contributed by atoms with van der Waals surface area (Å²) in [4.78, 5) is 20.0. The van der Waals surface area contributed by atoms with Crippen molar-refractivity contribution < 1.29 is 9.53 Å². The van der Waals surface area contributed by atoms with Crippen LogP contribution in [0.25, 0.3) is 0 Å². The van der Waals surface area contributed by atoms with Crippen molar-refractivity contribution in [3.8, 4) is 5.75 Å². The molecule has 0 unspecified atom stereocenters. The van der Waals surface area contributed by atoms with E-state index >= 15 is 0 Å². The van der Waals surface area contributed by atoms with Gasteiger partial charge in [0.25, 0.3) is 0 Å². The molecule has 1 aromatic heterocycles. The monoisotopic (exact) mass is 285 g/mol. The third-order valence-corrected chi connectivity index (χ3v) is 3.48. The molecule has 7 heteroatoms. The Kier molecular flexibility index (Phi) is 3.09. The van der Waals surface area contributed by atoms with Gasteiger partial charge in [0.05, 0.1) is 7.11 Å². The van der Waals surface area contributed by atoms with Gasteiger partial charge in [0.2, 0.25) is 11.9 Å². The predicted molar refractivity (Wildman–Crippen MR) is 78.9 cm³/mol. The number of aromatic nitrogens is 2. The van der Waals surface area contributed by atoms with Gasteiger partial charge in [0.15, 0.2) is 0 Å². The van der Waals surface area contributed by atoms with Gasteiger partial charge < -0.3 is 21.5 Å². The van der Waals surface area contributed by atoms with Crippen LogP contribution in [-0.4, -0.2) is 23.0 Å². The van der Waals surface area contributed by atoms with Crippen LogP contribution >= 0.6 is 0 Å². The first kappa shape index (κ1) is 13.2. The minimum atomic E-state index is -0.218. The minimum Gasteiger partial charge on any atom is -0.497 e. The maximum atomic E-state index is 11.9. The highest BCUT2D eigenvalue weighted by Crippen LogP contribution is 2.39. The van der Waals surface area contributed by atoms with Crippen LogP contribution in [0.5, 0.6) is 5.75 Å². The zero-order chi connectivity index (χ0) is 15.0. The summed E-state index contributed by atoms with van der Waals surface area (Å²) >= 11 is 0. The van der Waals surface area contributed by atoms with Gasteiger partial charge in [-0.25, -0.2) is 0 Å². The van der Waals surface area contributed by atoms with E-state index in [1.165, 1.54) is 0 Å². The number of hydrogen-bond donors (Lipinski definition) is 3. The fourth-order valence-corrected chi connectivity index (χ4v) is 2.56. The number of anilines is 3. The lowest BCUT2D eigenvalue weighted by Gasteiger charge is -2.26. The molecule has 0 bridgehead atoms. The van der Waals surface area contributed by atoms with Gasteiger partial charge in [-0.05, 0) is 17.7 Å². The van der Waals surface area contributed by atoms with Crippen LogP contribution < -0.4 is 21.5 Å². The number of ether oxygens (including phenoxy) is 1. The first-order valence-corrected chi connectivity index (χ1v) is 6.45. The number of methoxy groups -OCH3 is 1. The molecule has 1 amide bonds. The van der Waals surface area contributed by atoms with Gasteiger partial charge in [0.1, 0.15) is 17.4 Å². The number of hydrogen-bond acceptors (Lipinski definition) is 6. The summed E-state index contributed by atoms with van der Waals surface area (Å²) in [6.07, 6.45) is 0.275. The number of nitrogen functional groups attached to an aromatic ring is 2. The lowest BCUT2D eigenvalue weighted by atomic mass is 9.86. The summed E-state index contributed by atoms with van der Waals surface area (Å²) in [6, 6.07) is 7.51. The number of nitrogens with one attached hydrogen (secondary N) is 1. The van der Waals surface area contributed by atoms with Crippen LogP contribution in [0.4, 0.5) is 17.6 Å². The highest BCUT2D eigenvalue weighted by molar-refractivity contribution is 5.95. The van der Waals surface area contributed by atoms with E-state index < -0.39 is 0 Å². The molecule has 3 rings (SSSR count). The second-order valence-electron chi connectivity index (χ2n) is 4.81. The normalized spacial score (nSPS) is 17.0. The maximum absolute atomic E-state index is 11.9. The first-order chi connectivity index (χ1) is 10.1. The van der Waals surface area contributed by atoms with Gasteiger partial charge in [0, 0.05) is 17.9 Å². The number of fused-ring (bicyclic) bond motifs is 1. The molecular formula is C14H15N5O2. The van der Waals surface area contributed by atoms with Crippen molar-refractivity contribution in [3.05, 3.63) is 35.4 Å². The lowest BCUT2D eigenvalue weighted by Crippen LogP contribution is -2.26. The van der Waals surface area contributed by atoms with Crippen molar-refractivity contribution in [2.75, 3.05) is 23.9 Å². The Morgan fingerprint density at radius 1 is 1.33 bits per heavy atom. The molecule has 0 saturated heterocycles. The molecule has 0 spiro atoms. The molecule has 0 fully saturated rings. The number of carbonyl (C=O) groups excluding carboxylic acids is 1. The number of rotatable bonds is 2. The average molecular weight is 285 g/mol. The third-order valence-electron chi connectivity index (χ3n) is 3.48. The SMILES string of the molecule is COc1cccc([C@@H]2CC(=O)Nc3nc(N)nc(N)c32)c1. The molecule has 0 saturated carbocycles. The third kappa shape index (κ3) is 2.33. The highest BCUT2D eigenvalue weighted by atomic mass is 16.5. The number of nitrogens with zero attached hydrogens (tertiary/aromatic N) is 2. The van der Waals surface area contributed by atoms with E-state index in [-0.39, 0.29) is 30.0 Å². The molecule has 7 nitrogen and oxygen atoms in total. The van der Waals surface area contributed by atoms with Gasteiger partial charge >= 0.3 is 0 Å². The lowest BCUT2D eigenvalue weighted by molar-refractivity contribution is -0.116. The van der Waals surface area contributed by atoms with Crippen molar-refractivity contribution in [3.63, 3.8) is 0 Å². The summed E-state index contributed by atoms with van der Waals surface area (Å²) in [7, 11) is 1.60. The second-order valence-corrected chi connectivity index (χ2v) is 4.81. The molecule has 1 aromatic carbocycles.